The molecule has 0 N–H and O–H groups in total. The van der Waals surface area contributed by atoms with Gasteiger partial charge in [0.15, 0.2) is 0 Å². The molecule has 0 aliphatic heterocycles. The van der Waals surface area contributed by atoms with E-state index < -0.39 is 6.16 Å². The van der Waals surface area contributed by atoms with Crippen LogP contribution < -0.4 is 0 Å². The van der Waals surface area contributed by atoms with Crippen molar-refractivity contribution >= 4 is 6.16 Å². The topological polar surface area (TPSA) is 35.5 Å². The summed E-state index contributed by atoms with van der Waals surface area (Å²) >= 11 is 0. The van der Waals surface area contributed by atoms with E-state index in [1.54, 1.807) is 6.92 Å². The molecule has 0 aromatic rings. The zero-order valence-corrected chi connectivity index (χ0v) is 8.29. The first-order valence-corrected chi connectivity index (χ1v) is 4.45. The molecule has 0 aromatic carbocycles. The fourth-order valence-corrected chi connectivity index (χ4v) is 0.966. The highest BCUT2D eigenvalue weighted by molar-refractivity contribution is 5.60. The highest BCUT2D eigenvalue weighted by Gasteiger charge is 2.16. The molecule has 12 heavy (non-hydrogen) atoms. The lowest BCUT2D eigenvalue weighted by Gasteiger charge is -2.18. The van der Waals surface area contributed by atoms with Gasteiger partial charge in [-0.2, -0.15) is 0 Å². The van der Waals surface area contributed by atoms with Gasteiger partial charge in [-0.25, -0.2) is 4.79 Å². The number of hydrogen-bond acceptors (Lipinski definition) is 3. The number of rotatable bonds is 4. The molecular formula is C9H18O3. The SMILES string of the molecule is CCOC(=O)OC(CC)C(C)C. The third-order valence-electron chi connectivity index (χ3n) is 1.66. The second-order valence-corrected chi connectivity index (χ2v) is 2.99. The summed E-state index contributed by atoms with van der Waals surface area (Å²) in [6.07, 6.45) is 0.248. The fourth-order valence-electron chi connectivity index (χ4n) is 0.966. The maximum atomic E-state index is 10.9. The van der Waals surface area contributed by atoms with Crippen LogP contribution in [0.4, 0.5) is 4.79 Å². The van der Waals surface area contributed by atoms with E-state index in [0.29, 0.717) is 12.5 Å². The van der Waals surface area contributed by atoms with Gasteiger partial charge in [0.2, 0.25) is 0 Å². The van der Waals surface area contributed by atoms with Crippen LogP contribution in [0, 0.1) is 5.92 Å². The van der Waals surface area contributed by atoms with E-state index in [2.05, 4.69) is 4.74 Å². The van der Waals surface area contributed by atoms with Gasteiger partial charge in [0.05, 0.1) is 6.61 Å². The van der Waals surface area contributed by atoms with Crippen molar-refractivity contribution in [2.24, 2.45) is 5.92 Å². The maximum absolute atomic E-state index is 10.9. The minimum Gasteiger partial charge on any atom is -0.435 e. The summed E-state index contributed by atoms with van der Waals surface area (Å²) in [4.78, 5) is 10.9. The standard InChI is InChI=1S/C9H18O3/c1-5-8(7(3)4)12-9(10)11-6-2/h7-8H,5-6H2,1-4H3. The zero-order chi connectivity index (χ0) is 9.56. The van der Waals surface area contributed by atoms with E-state index in [0.717, 1.165) is 6.42 Å². The minimum atomic E-state index is -0.557. The number of carbonyl (C=O) groups is 1. The molecular weight excluding hydrogens is 156 g/mol. The Bertz CT molecular complexity index is 132. The number of hydrogen-bond donors (Lipinski definition) is 0. The van der Waals surface area contributed by atoms with Gasteiger partial charge < -0.3 is 9.47 Å². The van der Waals surface area contributed by atoms with Crippen LogP contribution in [0.15, 0.2) is 0 Å². The second kappa shape index (κ2) is 5.86. The van der Waals surface area contributed by atoms with Crippen LogP contribution in [0.25, 0.3) is 0 Å². The van der Waals surface area contributed by atoms with E-state index in [4.69, 9.17) is 4.74 Å². The molecule has 0 rings (SSSR count). The molecule has 3 heteroatoms. The molecule has 0 spiro atoms. The number of carbonyl (C=O) groups excluding carboxylic acids is 1. The van der Waals surface area contributed by atoms with Crippen molar-refractivity contribution in [1.29, 1.82) is 0 Å². The first-order chi connectivity index (χ1) is 5.61. The monoisotopic (exact) mass is 174 g/mol. The Kier molecular flexibility index (Phi) is 5.51. The molecule has 0 bridgehead atoms. The van der Waals surface area contributed by atoms with Crippen molar-refractivity contribution in [2.45, 2.75) is 40.2 Å². The lowest BCUT2D eigenvalue weighted by molar-refractivity contribution is 0.00876. The van der Waals surface area contributed by atoms with Gasteiger partial charge in [-0.1, -0.05) is 20.8 Å². The molecule has 72 valence electrons. The highest BCUT2D eigenvalue weighted by atomic mass is 16.7. The molecule has 0 heterocycles. The molecule has 1 unspecified atom stereocenters. The normalized spacial score (nSPS) is 12.8. The molecule has 0 fully saturated rings. The molecule has 0 aromatic heterocycles. The average Bonchev–Trinajstić information content (AvgIpc) is 2.00. The Morgan fingerprint density at radius 1 is 1.33 bits per heavy atom. The molecule has 0 aliphatic rings. The van der Waals surface area contributed by atoms with Crippen molar-refractivity contribution in [1.82, 2.24) is 0 Å². The first-order valence-electron chi connectivity index (χ1n) is 4.45. The predicted octanol–water partition coefficient (Wildman–Crippen LogP) is 2.59. The van der Waals surface area contributed by atoms with Gasteiger partial charge in [0.25, 0.3) is 0 Å². The van der Waals surface area contributed by atoms with Crippen molar-refractivity contribution in [3.8, 4) is 0 Å². The molecule has 0 radical (unpaired) electrons. The quantitative estimate of drug-likeness (QED) is 0.614. The van der Waals surface area contributed by atoms with Gasteiger partial charge in [-0.15, -0.1) is 0 Å². The summed E-state index contributed by atoms with van der Waals surface area (Å²) in [6, 6.07) is 0. The van der Waals surface area contributed by atoms with Crippen molar-refractivity contribution < 1.29 is 14.3 Å². The van der Waals surface area contributed by atoms with Gasteiger partial charge >= 0.3 is 6.16 Å². The smallest absolute Gasteiger partial charge is 0.435 e. The van der Waals surface area contributed by atoms with E-state index in [-0.39, 0.29) is 6.10 Å². The Balaban J connectivity index is 3.77. The van der Waals surface area contributed by atoms with Crippen LogP contribution in [0.5, 0.6) is 0 Å². The highest BCUT2D eigenvalue weighted by Crippen LogP contribution is 2.10. The van der Waals surface area contributed by atoms with Crippen molar-refractivity contribution in [2.75, 3.05) is 6.61 Å². The van der Waals surface area contributed by atoms with Gasteiger partial charge in [-0.05, 0) is 19.3 Å². The largest absolute Gasteiger partial charge is 0.508 e. The lowest BCUT2D eigenvalue weighted by atomic mass is 10.1. The molecule has 1 atom stereocenters. The lowest BCUT2D eigenvalue weighted by Crippen LogP contribution is -2.23. The molecule has 0 amide bonds. The Morgan fingerprint density at radius 3 is 2.25 bits per heavy atom. The summed E-state index contributed by atoms with van der Waals surface area (Å²) in [7, 11) is 0. The van der Waals surface area contributed by atoms with Crippen LogP contribution in [0.3, 0.4) is 0 Å². The van der Waals surface area contributed by atoms with E-state index in [9.17, 15) is 4.79 Å². The Hall–Kier alpha value is -0.730. The molecule has 0 saturated carbocycles. The zero-order valence-electron chi connectivity index (χ0n) is 8.29. The first kappa shape index (κ1) is 11.3. The molecule has 0 aliphatic carbocycles. The van der Waals surface area contributed by atoms with Gasteiger partial charge in [0.1, 0.15) is 6.10 Å². The molecule has 3 nitrogen and oxygen atoms in total. The van der Waals surface area contributed by atoms with Gasteiger partial charge in [0, 0.05) is 0 Å². The second-order valence-electron chi connectivity index (χ2n) is 2.99. The maximum Gasteiger partial charge on any atom is 0.508 e. The van der Waals surface area contributed by atoms with Crippen molar-refractivity contribution in [3.05, 3.63) is 0 Å². The Labute approximate surface area is 74.0 Å². The summed E-state index contributed by atoms with van der Waals surface area (Å²) in [5, 5.41) is 0. The van der Waals surface area contributed by atoms with Crippen LogP contribution >= 0.6 is 0 Å². The summed E-state index contributed by atoms with van der Waals surface area (Å²) in [6.45, 7) is 8.16. The molecule has 0 saturated heterocycles. The van der Waals surface area contributed by atoms with Crippen LogP contribution in [-0.2, 0) is 9.47 Å². The Morgan fingerprint density at radius 2 is 1.92 bits per heavy atom. The van der Waals surface area contributed by atoms with Crippen molar-refractivity contribution in [3.63, 3.8) is 0 Å². The average molecular weight is 174 g/mol. The van der Waals surface area contributed by atoms with E-state index >= 15 is 0 Å². The number of ether oxygens (including phenoxy) is 2. The van der Waals surface area contributed by atoms with Crippen LogP contribution in [-0.4, -0.2) is 18.9 Å². The minimum absolute atomic E-state index is 0.0240. The summed E-state index contributed by atoms with van der Waals surface area (Å²) in [5.74, 6) is 0.347. The van der Waals surface area contributed by atoms with Crippen LogP contribution in [0.1, 0.15) is 34.1 Å². The predicted molar refractivity (Wildman–Crippen MR) is 47.0 cm³/mol. The third-order valence-corrected chi connectivity index (χ3v) is 1.66. The summed E-state index contributed by atoms with van der Waals surface area (Å²) < 4.78 is 9.70. The van der Waals surface area contributed by atoms with E-state index in [1.165, 1.54) is 0 Å². The third kappa shape index (κ3) is 4.21. The fraction of sp³-hybridized carbons (Fsp3) is 0.889. The van der Waals surface area contributed by atoms with E-state index in [1.807, 2.05) is 20.8 Å². The van der Waals surface area contributed by atoms with Crippen LogP contribution in [0.2, 0.25) is 0 Å². The van der Waals surface area contributed by atoms with Gasteiger partial charge in [-0.3, -0.25) is 0 Å². The summed E-state index contributed by atoms with van der Waals surface area (Å²) in [5.41, 5.74) is 0.